The molecule has 0 saturated heterocycles. The molecule has 0 spiro atoms. The van der Waals surface area contributed by atoms with E-state index in [1.807, 2.05) is 6.92 Å². The van der Waals surface area contributed by atoms with E-state index in [0.717, 1.165) is 13.3 Å². The molecular weight excluding hydrogens is 132 g/mol. The standard InChI is InChI=1S/C5H12O.C2H4O2/c1-4-5(2,3)6;1-2(3)4/h6H,4H2,1-3H3;1H3,(H,3,4). The van der Waals surface area contributed by atoms with Gasteiger partial charge in [-0.3, -0.25) is 4.79 Å². The minimum Gasteiger partial charge on any atom is -0.481 e. The van der Waals surface area contributed by atoms with E-state index < -0.39 is 11.6 Å². The molecule has 0 aromatic heterocycles. The van der Waals surface area contributed by atoms with E-state index in [9.17, 15) is 0 Å². The van der Waals surface area contributed by atoms with Crippen molar-refractivity contribution in [1.29, 1.82) is 0 Å². The van der Waals surface area contributed by atoms with E-state index in [-0.39, 0.29) is 0 Å². The molecule has 62 valence electrons. The Kier molecular flexibility index (Phi) is 6.35. The van der Waals surface area contributed by atoms with Gasteiger partial charge < -0.3 is 10.2 Å². The summed E-state index contributed by atoms with van der Waals surface area (Å²) in [6, 6.07) is 0. The van der Waals surface area contributed by atoms with Crippen molar-refractivity contribution in [2.75, 3.05) is 0 Å². The summed E-state index contributed by atoms with van der Waals surface area (Å²) in [7, 11) is 0. The SMILES string of the molecule is CC(=O)O.CCC(C)(C)O. The van der Waals surface area contributed by atoms with Gasteiger partial charge in [0.15, 0.2) is 0 Å². The maximum absolute atomic E-state index is 9.00. The molecule has 10 heavy (non-hydrogen) atoms. The first-order valence-corrected chi connectivity index (χ1v) is 3.21. The number of aliphatic hydroxyl groups is 1. The predicted molar refractivity (Wildman–Crippen MR) is 39.9 cm³/mol. The van der Waals surface area contributed by atoms with Crippen LogP contribution in [0.2, 0.25) is 0 Å². The van der Waals surface area contributed by atoms with Crippen molar-refractivity contribution < 1.29 is 15.0 Å². The van der Waals surface area contributed by atoms with Gasteiger partial charge in [-0.05, 0) is 20.3 Å². The Morgan fingerprint density at radius 2 is 1.60 bits per heavy atom. The largest absolute Gasteiger partial charge is 0.481 e. The first-order valence-electron chi connectivity index (χ1n) is 3.21. The second kappa shape index (κ2) is 5.23. The van der Waals surface area contributed by atoms with Gasteiger partial charge in [0.1, 0.15) is 0 Å². The lowest BCUT2D eigenvalue weighted by atomic mass is 10.1. The zero-order valence-electron chi connectivity index (χ0n) is 7.01. The van der Waals surface area contributed by atoms with Crippen molar-refractivity contribution in [2.45, 2.75) is 39.7 Å². The third-order valence-electron chi connectivity index (χ3n) is 0.865. The van der Waals surface area contributed by atoms with Gasteiger partial charge in [0.05, 0.1) is 5.60 Å². The first-order chi connectivity index (χ1) is 4.29. The number of hydrogen-bond acceptors (Lipinski definition) is 2. The lowest BCUT2D eigenvalue weighted by Gasteiger charge is -2.11. The molecule has 0 aliphatic carbocycles. The van der Waals surface area contributed by atoms with Crippen LogP contribution in [-0.4, -0.2) is 21.8 Å². The monoisotopic (exact) mass is 148 g/mol. The average molecular weight is 148 g/mol. The fraction of sp³-hybridized carbons (Fsp3) is 0.857. The molecule has 3 nitrogen and oxygen atoms in total. The molecular formula is C7H16O3. The highest BCUT2D eigenvalue weighted by Crippen LogP contribution is 2.03. The zero-order valence-corrected chi connectivity index (χ0v) is 7.01. The summed E-state index contributed by atoms with van der Waals surface area (Å²) in [5.74, 6) is -0.833. The third kappa shape index (κ3) is 52.0. The topological polar surface area (TPSA) is 57.5 Å². The van der Waals surface area contributed by atoms with Gasteiger partial charge in [0.25, 0.3) is 5.97 Å². The van der Waals surface area contributed by atoms with Gasteiger partial charge >= 0.3 is 0 Å². The molecule has 0 radical (unpaired) electrons. The van der Waals surface area contributed by atoms with Gasteiger partial charge in [0.2, 0.25) is 0 Å². The van der Waals surface area contributed by atoms with Crippen LogP contribution in [0.4, 0.5) is 0 Å². The molecule has 0 bridgehead atoms. The van der Waals surface area contributed by atoms with E-state index in [1.54, 1.807) is 13.8 Å². The van der Waals surface area contributed by atoms with Crippen LogP contribution in [0.25, 0.3) is 0 Å². The molecule has 0 aliphatic rings. The fourth-order valence-electron chi connectivity index (χ4n) is 0. The van der Waals surface area contributed by atoms with Gasteiger partial charge in [-0.15, -0.1) is 0 Å². The lowest BCUT2D eigenvalue weighted by molar-refractivity contribution is -0.134. The van der Waals surface area contributed by atoms with Crippen LogP contribution in [0.3, 0.4) is 0 Å². The summed E-state index contributed by atoms with van der Waals surface area (Å²) in [5.41, 5.74) is -0.458. The van der Waals surface area contributed by atoms with Crippen LogP contribution < -0.4 is 0 Å². The highest BCUT2D eigenvalue weighted by molar-refractivity contribution is 5.62. The molecule has 0 aliphatic heterocycles. The Labute approximate surface area is 61.7 Å². The van der Waals surface area contributed by atoms with Gasteiger partial charge in [-0.2, -0.15) is 0 Å². The normalized spacial score (nSPS) is 9.70. The van der Waals surface area contributed by atoms with Crippen molar-refractivity contribution in [3.63, 3.8) is 0 Å². The molecule has 0 atom stereocenters. The molecule has 0 saturated carbocycles. The Hall–Kier alpha value is -0.570. The van der Waals surface area contributed by atoms with E-state index in [1.165, 1.54) is 0 Å². The number of aliphatic carboxylic acids is 1. The van der Waals surface area contributed by atoms with Crippen LogP contribution >= 0.6 is 0 Å². The number of carboxylic acid groups (broad SMARTS) is 1. The fourth-order valence-corrected chi connectivity index (χ4v) is 0. The van der Waals surface area contributed by atoms with Crippen molar-refractivity contribution in [3.8, 4) is 0 Å². The van der Waals surface area contributed by atoms with Gasteiger partial charge in [-0.25, -0.2) is 0 Å². The highest BCUT2D eigenvalue weighted by atomic mass is 16.4. The molecule has 0 rings (SSSR count). The Morgan fingerprint density at radius 1 is 1.50 bits per heavy atom. The minimum atomic E-state index is -0.833. The van der Waals surface area contributed by atoms with Crippen LogP contribution in [-0.2, 0) is 4.79 Å². The third-order valence-corrected chi connectivity index (χ3v) is 0.865. The number of carboxylic acids is 1. The molecule has 2 N–H and O–H groups in total. The molecule has 0 fully saturated rings. The number of hydrogen-bond donors (Lipinski definition) is 2. The number of rotatable bonds is 1. The molecule has 3 heteroatoms. The molecule has 0 aromatic carbocycles. The van der Waals surface area contributed by atoms with Crippen LogP contribution in [0.1, 0.15) is 34.1 Å². The van der Waals surface area contributed by atoms with Crippen molar-refractivity contribution >= 4 is 5.97 Å². The van der Waals surface area contributed by atoms with E-state index in [4.69, 9.17) is 15.0 Å². The summed E-state index contributed by atoms with van der Waals surface area (Å²) in [6.07, 6.45) is 0.826. The van der Waals surface area contributed by atoms with Gasteiger partial charge in [-0.1, -0.05) is 6.92 Å². The van der Waals surface area contributed by atoms with E-state index in [0.29, 0.717) is 0 Å². The average Bonchev–Trinajstić information content (AvgIpc) is 1.63. The Balaban J connectivity index is 0. The summed E-state index contributed by atoms with van der Waals surface area (Å²) in [6.45, 7) is 6.64. The van der Waals surface area contributed by atoms with Crippen LogP contribution in [0.5, 0.6) is 0 Å². The van der Waals surface area contributed by atoms with Crippen molar-refractivity contribution in [2.24, 2.45) is 0 Å². The second-order valence-corrected chi connectivity index (χ2v) is 2.69. The summed E-state index contributed by atoms with van der Waals surface area (Å²) in [5, 5.41) is 16.2. The Morgan fingerprint density at radius 3 is 1.60 bits per heavy atom. The van der Waals surface area contributed by atoms with Crippen LogP contribution in [0.15, 0.2) is 0 Å². The maximum Gasteiger partial charge on any atom is 0.300 e. The molecule has 0 unspecified atom stereocenters. The summed E-state index contributed by atoms with van der Waals surface area (Å²) < 4.78 is 0. The molecule has 0 aromatic rings. The maximum atomic E-state index is 9.00. The van der Waals surface area contributed by atoms with Crippen LogP contribution in [0, 0.1) is 0 Å². The quantitative estimate of drug-likeness (QED) is 0.588. The zero-order chi connectivity index (χ0) is 8.78. The first kappa shape index (κ1) is 12.1. The smallest absolute Gasteiger partial charge is 0.300 e. The number of carbonyl (C=O) groups is 1. The second-order valence-electron chi connectivity index (χ2n) is 2.69. The summed E-state index contributed by atoms with van der Waals surface area (Å²) in [4.78, 5) is 9.00. The van der Waals surface area contributed by atoms with Crippen molar-refractivity contribution in [1.82, 2.24) is 0 Å². The van der Waals surface area contributed by atoms with E-state index >= 15 is 0 Å². The minimum absolute atomic E-state index is 0.458. The molecule has 0 heterocycles. The van der Waals surface area contributed by atoms with E-state index in [2.05, 4.69) is 0 Å². The summed E-state index contributed by atoms with van der Waals surface area (Å²) >= 11 is 0. The predicted octanol–water partition coefficient (Wildman–Crippen LogP) is 1.26. The van der Waals surface area contributed by atoms with Crippen molar-refractivity contribution in [3.05, 3.63) is 0 Å². The Bertz CT molecular complexity index is 87.5. The highest BCUT2D eigenvalue weighted by Gasteiger charge is 2.05. The van der Waals surface area contributed by atoms with Gasteiger partial charge in [0, 0.05) is 6.92 Å². The lowest BCUT2D eigenvalue weighted by Crippen LogP contribution is -2.15. The molecule has 0 amide bonds.